The summed E-state index contributed by atoms with van der Waals surface area (Å²) in [6.07, 6.45) is 29.3. The molecule has 1 atom stereocenters. The summed E-state index contributed by atoms with van der Waals surface area (Å²) in [5.74, 6) is -0.221. The summed E-state index contributed by atoms with van der Waals surface area (Å²) in [6.45, 7) is 2.42. The number of carbonyl (C=O) groups is 1. The molecule has 0 rings (SSSR count). The van der Waals surface area contributed by atoms with Crippen LogP contribution in [0.25, 0.3) is 0 Å². The average molecular weight is 440 g/mol. The van der Waals surface area contributed by atoms with Gasteiger partial charge in [0.1, 0.15) is 12.7 Å². The third-order valence-corrected chi connectivity index (χ3v) is 5.85. The number of unbranched alkanes of at least 4 members (excludes halogenated alkanes) is 17. The van der Waals surface area contributed by atoms with Crippen molar-refractivity contribution in [2.24, 2.45) is 5.73 Å². The van der Waals surface area contributed by atoms with Crippen molar-refractivity contribution in [1.29, 1.82) is 0 Å². The minimum Gasteiger partial charge on any atom is -0.463 e. The minimum absolute atomic E-state index is 0.0191. The quantitative estimate of drug-likeness (QED) is 0.0945. The van der Waals surface area contributed by atoms with Crippen LogP contribution in [0.2, 0.25) is 0 Å². The number of aliphatic hydroxyl groups excluding tert-OH is 1. The lowest BCUT2D eigenvalue weighted by Gasteiger charge is -2.08. The molecule has 0 fully saturated rings. The smallest absolute Gasteiger partial charge is 0.305 e. The molecule has 0 spiro atoms. The normalized spacial score (nSPS) is 12.5. The van der Waals surface area contributed by atoms with Crippen LogP contribution in [0.5, 0.6) is 0 Å². The summed E-state index contributed by atoms with van der Waals surface area (Å²) in [5, 5.41) is 9.25. The molecule has 1 unspecified atom stereocenters. The Morgan fingerprint density at radius 3 is 1.61 bits per heavy atom. The van der Waals surface area contributed by atoms with Gasteiger partial charge in [-0.1, -0.05) is 109 Å². The fourth-order valence-electron chi connectivity index (χ4n) is 3.73. The number of nitrogens with two attached hydrogens (primary N) is 1. The van der Waals surface area contributed by atoms with E-state index in [2.05, 4.69) is 19.1 Å². The Morgan fingerprint density at radius 2 is 1.16 bits per heavy atom. The van der Waals surface area contributed by atoms with Crippen molar-refractivity contribution in [1.82, 2.24) is 0 Å². The number of aliphatic hydroxyl groups is 1. The summed E-state index contributed by atoms with van der Waals surface area (Å²) in [6, 6.07) is 0. The van der Waals surface area contributed by atoms with Crippen LogP contribution in [0.4, 0.5) is 0 Å². The predicted molar refractivity (Wildman–Crippen MR) is 133 cm³/mol. The third kappa shape index (κ3) is 25.3. The highest BCUT2D eigenvalue weighted by molar-refractivity contribution is 5.69. The molecule has 0 aliphatic carbocycles. The number of ether oxygens (including phenoxy) is 1. The maximum Gasteiger partial charge on any atom is 0.305 e. The molecule has 0 heterocycles. The molecular formula is C27H53NO3. The van der Waals surface area contributed by atoms with Crippen molar-refractivity contribution < 1.29 is 14.6 Å². The van der Waals surface area contributed by atoms with E-state index in [1.165, 1.54) is 109 Å². The molecule has 31 heavy (non-hydrogen) atoms. The number of hydrogen-bond donors (Lipinski definition) is 2. The second kappa shape index (κ2) is 25.4. The van der Waals surface area contributed by atoms with Crippen molar-refractivity contribution in [2.45, 2.75) is 141 Å². The molecule has 0 aromatic rings. The Balaban J connectivity index is 3.17. The lowest BCUT2D eigenvalue weighted by atomic mass is 10.0. The second-order valence-electron chi connectivity index (χ2n) is 9.03. The molecule has 184 valence electrons. The fraction of sp³-hybridized carbons (Fsp3) is 0.889. The van der Waals surface area contributed by atoms with Crippen molar-refractivity contribution in [3.8, 4) is 0 Å². The monoisotopic (exact) mass is 439 g/mol. The van der Waals surface area contributed by atoms with Crippen LogP contribution >= 0.6 is 0 Å². The molecule has 0 aliphatic rings. The van der Waals surface area contributed by atoms with Crippen LogP contribution in [0.1, 0.15) is 135 Å². The van der Waals surface area contributed by atoms with Gasteiger partial charge in [0.15, 0.2) is 0 Å². The number of hydrogen-bond acceptors (Lipinski definition) is 4. The molecule has 0 radical (unpaired) electrons. The van der Waals surface area contributed by atoms with E-state index in [0.717, 1.165) is 12.8 Å². The highest BCUT2D eigenvalue weighted by Gasteiger charge is 2.06. The standard InChI is InChI=1S/C27H53NO3/c1-2-3-4-5-6-7-8-9-10-11-12-13-14-15-16-17-18-19-20-21-22-23-27(30)31-25-26(29)24-28/h9-10,26,29H,2-8,11-25,28H2,1H3/b10-9-. The first-order valence-corrected chi connectivity index (χ1v) is 13.4. The van der Waals surface area contributed by atoms with Crippen LogP contribution < -0.4 is 5.73 Å². The van der Waals surface area contributed by atoms with Gasteiger partial charge in [0, 0.05) is 13.0 Å². The molecular weight excluding hydrogens is 386 g/mol. The van der Waals surface area contributed by atoms with Gasteiger partial charge in [0.2, 0.25) is 0 Å². The van der Waals surface area contributed by atoms with E-state index in [4.69, 9.17) is 10.5 Å². The zero-order valence-electron chi connectivity index (χ0n) is 20.6. The molecule has 4 nitrogen and oxygen atoms in total. The second-order valence-corrected chi connectivity index (χ2v) is 9.03. The maximum atomic E-state index is 11.5. The van der Waals surface area contributed by atoms with Crippen LogP contribution in [0.3, 0.4) is 0 Å². The average Bonchev–Trinajstić information content (AvgIpc) is 2.78. The maximum absolute atomic E-state index is 11.5. The first-order chi connectivity index (χ1) is 15.2. The van der Waals surface area contributed by atoms with Gasteiger partial charge in [0.05, 0.1) is 0 Å². The molecule has 0 aromatic carbocycles. The van der Waals surface area contributed by atoms with E-state index in [9.17, 15) is 9.90 Å². The van der Waals surface area contributed by atoms with Gasteiger partial charge in [-0.05, 0) is 32.1 Å². The summed E-state index contributed by atoms with van der Waals surface area (Å²) >= 11 is 0. The van der Waals surface area contributed by atoms with Gasteiger partial charge in [-0.3, -0.25) is 4.79 Å². The van der Waals surface area contributed by atoms with Gasteiger partial charge in [-0.2, -0.15) is 0 Å². The van der Waals surface area contributed by atoms with Gasteiger partial charge in [0.25, 0.3) is 0 Å². The van der Waals surface area contributed by atoms with Gasteiger partial charge >= 0.3 is 5.97 Å². The van der Waals surface area contributed by atoms with Gasteiger partial charge in [-0.25, -0.2) is 0 Å². The molecule has 3 N–H and O–H groups in total. The zero-order chi connectivity index (χ0) is 22.8. The minimum atomic E-state index is -0.736. The molecule has 4 heteroatoms. The number of carbonyl (C=O) groups excluding carboxylic acids is 1. The Bertz CT molecular complexity index is 398. The van der Waals surface area contributed by atoms with Crippen molar-refractivity contribution >= 4 is 5.97 Å². The highest BCUT2D eigenvalue weighted by Crippen LogP contribution is 2.13. The lowest BCUT2D eigenvalue weighted by molar-refractivity contribution is -0.146. The van der Waals surface area contributed by atoms with Crippen LogP contribution in [-0.2, 0) is 9.53 Å². The Hall–Kier alpha value is -0.870. The Morgan fingerprint density at radius 1 is 0.742 bits per heavy atom. The van der Waals surface area contributed by atoms with E-state index in [1.54, 1.807) is 0 Å². The topological polar surface area (TPSA) is 72.5 Å². The third-order valence-electron chi connectivity index (χ3n) is 5.85. The van der Waals surface area contributed by atoms with Crippen molar-refractivity contribution in [2.75, 3.05) is 13.2 Å². The molecule has 0 aliphatic heterocycles. The molecule has 0 saturated heterocycles. The van der Waals surface area contributed by atoms with Crippen molar-refractivity contribution in [3.05, 3.63) is 12.2 Å². The largest absolute Gasteiger partial charge is 0.463 e. The van der Waals surface area contributed by atoms with E-state index in [0.29, 0.717) is 6.42 Å². The molecule has 0 amide bonds. The van der Waals surface area contributed by atoms with Gasteiger partial charge in [-0.15, -0.1) is 0 Å². The fourth-order valence-corrected chi connectivity index (χ4v) is 3.73. The first-order valence-electron chi connectivity index (χ1n) is 13.4. The van der Waals surface area contributed by atoms with Gasteiger partial charge < -0.3 is 15.6 Å². The van der Waals surface area contributed by atoms with E-state index in [-0.39, 0.29) is 19.1 Å². The van der Waals surface area contributed by atoms with E-state index >= 15 is 0 Å². The SMILES string of the molecule is CCCCCCCC/C=C\CCCCCCCCCCCCCC(=O)OCC(O)CN. The Kier molecular flexibility index (Phi) is 24.7. The van der Waals surface area contributed by atoms with Crippen molar-refractivity contribution in [3.63, 3.8) is 0 Å². The van der Waals surface area contributed by atoms with Crippen LogP contribution in [-0.4, -0.2) is 30.3 Å². The zero-order valence-corrected chi connectivity index (χ0v) is 20.6. The Labute approximate surface area is 193 Å². The summed E-state index contributed by atoms with van der Waals surface area (Å²) in [5.41, 5.74) is 5.27. The van der Waals surface area contributed by atoms with Crippen LogP contribution in [0, 0.1) is 0 Å². The number of esters is 1. The summed E-state index contributed by atoms with van der Waals surface area (Å²) < 4.78 is 4.97. The summed E-state index contributed by atoms with van der Waals surface area (Å²) in [7, 11) is 0. The van der Waals surface area contributed by atoms with Crippen LogP contribution in [0.15, 0.2) is 12.2 Å². The highest BCUT2D eigenvalue weighted by atomic mass is 16.5. The predicted octanol–water partition coefficient (Wildman–Crippen LogP) is 7.23. The van der Waals surface area contributed by atoms with E-state index in [1.807, 2.05) is 0 Å². The number of rotatable bonds is 24. The molecule has 0 bridgehead atoms. The molecule has 0 saturated carbocycles. The summed E-state index contributed by atoms with van der Waals surface area (Å²) in [4.78, 5) is 11.5. The lowest BCUT2D eigenvalue weighted by Crippen LogP contribution is -2.26. The van der Waals surface area contributed by atoms with E-state index < -0.39 is 6.10 Å². The number of allylic oxidation sites excluding steroid dienone is 2. The first kappa shape index (κ1) is 30.1. The molecule has 0 aromatic heterocycles.